The van der Waals surface area contributed by atoms with Crippen LogP contribution in [0.25, 0.3) is 0 Å². The van der Waals surface area contributed by atoms with Gasteiger partial charge in [0.05, 0.1) is 5.56 Å². The highest BCUT2D eigenvalue weighted by atomic mass is 19.4. The minimum atomic E-state index is -4.29. The Morgan fingerprint density at radius 3 is 2.33 bits per heavy atom. The van der Waals surface area contributed by atoms with E-state index in [1.807, 2.05) is 0 Å². The Morgan fingerprint density at radius 1 is 1.20 bits per heavy atom. The molecule has 15 heavy (non-hydrogen) atoms. The van der Waals surface area contributed by atoms with Crippen molar-refractivity contribution >= 4 is 13.3 Å². The highest BCUT2D eigenvalue weighted by Crippen LogP contribution is 2.42. The summed E-state index contributed by atoms with van der Waals surface area (Å²) in [5, 5.41) is 0. The summed E-state index contributed by atoms with van der Waals surface area (Å²) in [6.07, 6.45) is -1.56. The van der Waals surface area contributed by atoms with Gasteiger partial charge in [-0.2, -0.15) is 13.2 Å². The van der Waals surface area contributed by atoms with Gasteiger partial charge in [0, 0.05) is 0 Å². The van der Waals surface area contributed by atoms with Crippen molar-refractivity contribution in [3.8, 4) is 0 Å². The molecule has 0 aromatic heterocycles. The molecule has 0 heterocycles. The highest BCUT2D eigenvalue weighted by Gasteiger charge is 2.36. The lowest BCUT2D eigenvalue weighted by molar-refractivity contribution is -0.138. The van der Waals surface area contributed by atoms with Crippen LogP contribution in [0.4, 0.5) is 13.2 Å². The van der Waals surface area contributed by atoms with Gasteiger partial charge >= 0.3 is 6.18 Å². The van der Waals surface area contributed by atoms with Gasteiger partial charge in [0.15, 0.2) is 0 Å². The minimum absolute atomic E-state index is 0.0715. The number of hydrogen-bond acceptors (Lipinski definition) is 0. The Hall–Kier alpha value is -0.925. The average Bonchev–Trinajstić information content (AvgIpc) is 2.03. The van der Waals surface area contributed by atoms with Crippen molar-refractivity contribution in [2.24, 2.45) is 0 Å². The fourth-order valence-corrected chi connectivity index (χ4v) is 1.89. The molecule has 1 aromatic carbocycles. The molecule has 1 aliphatic rings. The molecular formula is C11H10BF3. The Morgan fingerprint density at radius 2 is 1.87 bits per heavy atom. The fourth-order valence-electron chi connectivity index (χ4n) is 1.89. The minimum Gasteiger partial charge on any atom is -0.166 e. The molecule has 0 N–H and O–H groups in total. The summed E-state index contributed by atoms with van der Waals surface area (Å²) < 4.78 is 38.1. The first kappa shape index (κ1) is 10.6. The van der Waals surface area contributed by atoms with Gasteiger partial charge in [0.25, 0.3) is 0 Å². The van der Waals surface area contributed by atoms with Crippen LogP contribution in [0, 0.1) is 0 Å². The molecule has 0 spiro atoms. The maximum atomic E-state index is 12.7. The first-order valence-corrected chi connectivity index (χ1v) is 4.95. The van der Waals surface area contributed by atoms with Crippen LogP contribution in [0.5, 0.6) is 0 Å². The van der Waals surface area contributed by atoms with Crippen molar-refractivity contribution in [3.05, 3.63) is 29.3 Å². The Kier molecular flexibility index (Phi) is 2.53. The third-order valence-electron chi connectivity index (χ3n) is 2.93. The quantitative estimate of drug-likeness (QED) is 0.625. The SMILES string of the molecule is [B]c1ccc(C2CCC2)c(C(F)(F)F)c1. The lowest BCUT2D eigenvalue weighted by Gasteiger charge is -2.28. The number of alkyl halides is 3. The summed E-state index contributed by atoms with van der Waals surface area (Å²) in [5.74, 6) is 0.0715. The molecule has 0 saturated heterocycles. The zero-order chi connectivity index (χ0) is 11.1. The maximum Gasteiger partial charge on any atom is 0.416 e. The normalized spacial score (nSPS) is 17.5. The van der Waals surface area contributed by atoms with Gasteiger partial charge in [0.2, 0.25) is 0 Å². The molecule has 0 nitrogen and oxygen atoms in total. The van der Waals surface area contributed by atoms with Crippen molar-refractivity contribution in [2.75, 3.05) is 0 Å². The molecule has 2 rings (SSSR count). The van der Waals surface area contributed by atoms with Crippen molar-refractivity contribution in [1.29, 1.82) is 0 Å². The summed E-state index contributed by atoms with van der Waals surface area (Å²) in [7, 11) is 5.38. The second-order valence-electron chi connectivity index (χ2n) is 3.97. The summed E-state index contributed by atoms with van der Waals surface area (Å²) in [6.45, 7) is 0. The van der Waals surface area contributed by atoms with Gasteiger partial charge in [-0.3, -0.25) is 0 Å². The molecule has 0 bridgehead atoms. The van der Waals surface area contributed by atoms with E-state index in [1.165, 1.54) is 6.07 Å². The summed E-state index contributed by atoms with van der Waals surface area (Å²) in [4.78, 5) is 0. The van der Waals surface area contributed by atoms with Crippen molar-refractivity contribution in [2.45, 2.75) is 31.4 Å². The van der Waals surface area contributed by atoms with Crippen LogP contribution in [-0.4, -0.2) is 7.85 Å². The summed E-state index contributed by atoms with van der Waals surface area (Å²) in [5.41, 5.74) is 0.0144. The van der Waals surface area contributed by atoms with Gasteiger partial charge in [-0.15, -0.1) is 0 Å². The molecule has 78 valence electrons. The van der Waals surface area contributed by atoms with Gasteiger partial charge in [-0.05, 0) is 24.3 Å². The third kappa shape index (κ3) is 2.03. The van der Waals surface area contributed by atoms with E-state index in [2.05, 4.69) is 0 Å². The first-order chi connectivity index (χ1) is 6.98. The van der Waals surface area contributed by atoms with Crippen LogP contribution in [0.3, 0.4) is 0 Å². The predicted octanol–water partition coefficient (Wildman–Crippen LogP) is 2.77. The second kappa shape index (κ2) is 3.58. The van der Waals surface area contributed by atoms with Crippen LogP contribution in [0.2, 0.25) is 0 Å². The molecule has 0 amide bonds. The maximum absolute atomic E-state index is 12.7. The van der Waals surface area contributed by atoms with E-state index in [1.54, 1.807) is 6.07 Å². The monoisotopic (exact) mass is 210 g/mol. The smallest absolute Gasteiger partial charge is 0.166 e. The van der Waals surface area contributed by atoms with E-state index in [-0.39, 0.29) is 11.4 Å². The van der Waals surface area contributed by atoms with E-state index in [0.29, 0.717) is 5.56 Å². The lowest BCUT2D eigenvalue weighted by atomic mass is 9.77. The van der Waals surface area contributed by atoms with Gasteiger partial charge in [-0.1, -0.05) is 30.1 Å². The van der Waals surface area contributed by atoms with Crippen LogP contribution in [0.15, 0.2) is 18.2 Å². The fraction of sp³-hybridized carbons (Fsp3) is 0.455. The van der Waals surface area contributed by atoms with Crippen molar-refractivity contribution < 1.29 is 13.2 Å². The molecule has 0 atom stereocenters. The van der Waals surface area contributed by atoms with Crippen molar-refractivity contribution in [3.63, 3.8) is 0 Å². The molecule has 2 radical (unpaired) electrons. The number of benzene rings is 1. The van der Waals surface area contributed by atoms with Crippen LogP contribution < -0.4 is 5.46 Å². The Balaban J connectivity index is 2.44. The summed E-state index contributed by atoms with van der Waals surface area (Å²) >= 11 is 0. The summed E-state index contributed by atoms with van der Waals surface area (Å²) in [6, 6.07) is 4.10. The highest BCUT2D eigenvalue weighted by molar-refractivity contribution is 6.32. The van der Waals surface area contributed by atoms with E-state index in [9.17, 15) is 13.2 Å². The standard InChI is InChI=1S/C11H10BF3/c12-8-4-5-9(7-2-1-3-7)10(6-8)11(13,14)15/h4-7H,1-3H2. The Bertz CT molecular complexity index is 367. The molecule has 1 fully saturated rings. The van der Waals surface area contributed by atoms with Gasteiger partial charge < -0.3 is 0 Å². The van der Waals surface area contributed by atoms with Crippen LogP contribution >= 0.6 is 0 Å². The zero-order valence-electron chi connectivity index (χ0n) is 8.14. The topological polar surface area (TPSA) is 0 Å². The molecule has 0 aliphatic heterocycles. The van der Waals surface area contributed by atoms with Crippen LogP contribution in [0.1, 0.15) is 36.3 Å². The molecule has 1 aromatic rings. The molecule has 1 saturated carbocycles. The van der Waals surface area contributed by atoms with E-state index < -0.39 is 11.7 Å². The Labute approximate surface area is 87.9 Å². The van der Waals surface area contributed by atoms with E-state index in [0.717, 1.165) is 25.3 Å². The van der Waals surface area contributed by atoms with Crippen molar-refractivity contribution in [1.82, 2.24) is 0 Å². The molecule has 0 unspecified atom stereocenters. The third-order valence-corrected chi connectivity index (χ3v) is 2.93. The number of hydrogen-bond donors (Lipinski definition) is 0. The average molecular weight is 210 g/mol. The first-order valence-electron chi connectivity index (χ1n) is 4.95. The van der Waals surface area contributed by atoms with Gasteiger partial charge in [-0.25, -0.2) is 0 Å². The molecule has 1 aliphatic carbocycles. The number of halogens is 3. The van der Waals surface area contributed by atoms with Gasteiger partial charge in [0.1, 0.15) is 7.85 Å². The van der Waals surface area contributed by atoms with Crippen LogP contribution in [-0.2, 0) is 6.18 Å². The largest absolute Gasteiger partial charge is 0.416 e. The lowest BCUT2D eigenvalue weighted by Crippen LogP contribution is -2.19. The zero-order valence-corrected chi connectivity index (χ0v) is 8.14. The second-order valence-corrected chi connectivity index (χ2v) is 3.97. The van der Waals surface area contributed by atoms with E-state index >= 15 is 0 Å². The predicted molar refractivity (Wildman–Crippen MR) is 53.4 cm³/mol. The van der Waals surface area contributed by atoms with E-state index in [4.69, 9.17) is 7.85 Å². The number of rotatable bonds is 1. The molecular weight excluding hydrogens is 200 g/mol. The molecule has 4 heteroatoms.